The maximum atomic E-state index is 5.95. The second-order valence-corrected chi connectivity index (χ2v) is 6.80. The van der Waals surface area contributed by atoms with E-state index < -0.39 is 0 Å². The number of fused-ring (bicyclic) bond motifs is 1. The van der Waals surface area contributed by atoms with Gasteiger partial charge in [0.2, 0.25) is 5.89 Å². The molecule has 1 fully saturated rings. The average Bonchev–Trinajstić information content (AvgIpc) is 3.21. The Balaban J connectivity index is 1.46. The number of hydrogen-bond acceptors (Lipinski definition) is 6. The second-order valence-electron chi connectivity index (χ2n) is 6.80. The van der Waals surface area contributed by atoms with Crippen molar-refractivity contribution in [3.8, 4) is 0 Å². The molecule has 0 aliphatic carbocycles. The van der Waals surface area contributed by atoms with Gasteiger partial charge in [0.05, 0.1) is 6.54 Å². The van der Waals surface area contributed by atoms with Gasteiger partial charge in [-0.3, -0.25) is 4.90 Å². The van der Waals surface area contributed by atoms with Crippen molar-refractivity contribution in [2.45, 2.75) is 45.1 Å². The molecule has 0 spiro atoms. The van der Waals surface area contributed by atoms with E-state index in [4.69, 9.17) is 8.94 Å². The zero-order chi connectivity index (χ0) is 16.5. The van der Waals surface area contributed by atoms with Gasteiger partial charge in [-0.15, -0.1) is 0 Å². The van der Waals surface area contributed by atoms with Crippen molar-refractivity contribution in [3.63, 3.8) is 0 Å². The maximum Gasteiger partial charge on any atom is 0.240 e. The summed E-state index contributed by atoms with van der Waals surface area (Å²) in [6.45, 7) is 6.77. The molecular formula is C18H22N4O2. The highest BCUT2D eigenvalue weighted by Crippen LogP contribution is 2.29. The highest BCUT2D eigenvalue weighted by Gasteiger charge is 2.26. The first-order valence-corrected chi connectivity index (χ1v) is 8.59. The molecule has 6 nitrogen and oxygen atoms in total. The van der Waals surface area contributed by atoms with Gasteiger partial charge in [0.15, 0.2) is 17.3 Å². The molecule has 2 aromatic heterocycles. The topological polar surface area (TPSA) is 68.2 Å². The van der Waals surface area contributed by atoms with Crippen molar-refractivity contribution in [1.29, 1.82) is 0 Å². The standard InChI is InChI=1S/C18H22N4O2/c1-12(2)17-20-16(24-21-17)11-22-9-5-6-13(10-22)18-19-14-7-3-4-8-15(14)23-18/h3-4,7-8,12-13H,5-6,9-11H2,1-2H3/t13-/m0/s1. The molecule has 4 rings (SSSR count). The van der Waals surface area contributed by atoms with Gasteiger partial charge >= 0.3 is 0 Å². The lowest BCUT2D eigenvalue weighted by Gasteiger charge is -2.29. The number of likely N-dealkylation sites (tertiary alicyclic amines) is 1. The Hall–Kier alpha value is -2.21. The molecule has 1 aliphatic heterocycles. The fourth-order valence-corrected chi connectivity index (χ4v) is 3.22. The second kappa shape index (κ2) is 6.36. The minimum absolute atomic E-state index is 0.288. The fraction of sp³-hybridized carbons (Fsp3) is 0.500. The van der Waals surface area contributed by atoms with Crippen molar-refractivity contribution in [3.05, 3.63) is 41.9 Å². The quantitative estimate of drug-likeness (QED) is 0.728. The normalized spacial score (nSPS) is 19.4. The summed E-state index contributed by atoms with van der Waals surface area (Å²) < 4.78 is 11.3. The van der Waals surface area contributed by atoms with Crippen LogP contribution in [0.15, 0.2) is 33.2 Å². The predicted octanol–water partition coefficient (Wildman–Crippen LogP) is 3.71. The summed E-state index contributed by atoms with van der Waals surface area (Å²) in [6.07, 6.45) is 2.22. The van der Waals surface area contributed by atoms with Crippen molar-refractivity contribution in [1.82, 2.24) is 20.0 Å². The van der Waals surface area contributed by atoms with Crippen molar-refractivity contribution < 1.29 is 8.94 Å². The third kappa shape index (κ3) is 3.06. The first kappa shape index (κ1) is 15.3. The van der Waals surface area contributed by atoms with Crippen LogP contribution >= 0.6 is 0 Å². The lowest BCUT2D eigenvalue weighted by Crippen LogP contribution is -2.34. The average molecular weight is 326 g/mol. The summed E-state index contributed by atoms with van der Waals surface area (Å²) in [6, 6.07) is 7.93. The minimum Gasteiger partial charge on any atom is -0.440 e. The van der Waals surface area contributed by atoms with E-state index in [1.807, 2.05) is 24.3 Å². The van der Waals surface area contributed by atoms with E-state index in [2.05, 4.69) is 33.9 Å². The fourth-order valence-electron chi connectivity index (χ4n) is 3.22. The molecule has 0 saturated carbocycles. The van der Waals surface area contributed by atoms with Crippen molar-refractivity contribution in [2.24, 2.45) is 0 Å². The molecule has 0 unspecified atom stereocenters. The van der Waals surface area contributed by atoms with Gasteiger partial charge in [-0.25, -0.2) is 4.98 Å². The van der Waals surface area contributed by atoms with Crippen LogP contribution in [0.2, 0.25) is 0 Å². The molecule has 0 radical (unpaired) electrons. The maximum absolute atomic E-state index is 5.95. The molecule has 1 atom stereocenters. The Labute approximate surface area is 140 Å². The Morgan fingerprint density at radius 2 is 2.12 bits per heavy atom. The van der Waals surface area contributed by atoms with Gasteiger partial charge in [-0.2, -0.15) is 4.98 Å². The van der Waals surface area contributed by atoms with Gasteiger partial charge in [0.1, 0.15) is 5.52 Å². The monoisotopic (exact) mass is 326 g/mol. The summed E-state index contributed by atoms with van der Waals surface area (Å²) in [5.41, 5.74) is 1.80. The predicted molar refractivity (Wildman–Crippen MR) is 89.6 cm³/mol. The van der Waals surface area contributed by atoms with Crippen LogP contribution in [0, 0.1) is 0 Å². The smallest absolute Gasteiger partial charge is 0.240 e. The summed E-state index contributed by atoms with van der Waals surface area (Å²) in [5.74, 6) is 2.92. The van der Waals surface area contributed by atoms with E-state index in [0.29, 0.717) is 18.4 Å². The van der Waals surface area contributed by atoms with Crippen LogP contribution in [0.5, 0.6) is 0 Å². The number of rotatable bonds is 4. The van der Waals surface area contributed by atoms with E-state index in [-0.39, 0.29) is 5.92 Å². The molecule has 0 N–H and O–H groups in total. The summed E-state index contributed by atoms with van der Waals surface area (Å²) in [5, 5.41) is 4.04. The van der Waals surface area contributed by atoms with E-state index in [1.165, 1.54) is 0 Å². The molecule has 126 valence electrons. The van der Waals surface area contributed by atoms with E-state index in [9.17, 15) is 0 Å². The highest BCUT2D eigenvalue weighted by atomic mass is 16.5. The van der Waals surface area contributed by atoms with E-state index in [0.717, 1.165) is 48.7 Å². The number of para-hydroxylation sites is 2. The Bertz CT molecular complexity index is 790. The number of piperidine rings is 1. The zero-order valence-electron chi connectivity index (χ0n) is 14.1. The van der Waals surface area contributed by atoms with Crippen LogP contribution < -0.4 is 0 Å². The lowest BCUT2D eigenvalue weighted by molar-refractivity contribution is 0.167. The third-order valence-electron chi connectivity index (χ3n) is 4.52. The SMILES string of the molecule is CC(C)c1noc(CN2CCC[C@H](c3nc4ccccc4o3)C2)n1. The van der Waals surface area contributed by atoms with Crippen LogP contribution in [0.4, 0.5) is 0 Å². The van der Waals surface area contributed by atoms with Gasteiger partial charge in [-0.05, 0) is 31.5 Å². The Morgan fingerprint density at radius 3 is 2.92 bits per heavy atom. The van der Waals surface area contributed by atoms with Crippen LogP contribution in [-0.4, -0.2) is 33.1 Å². The molecule has 1 saturated heterocycles. The van der Waals surface area contributed by atoms with Crippen LogP contribution in [0.25, 0.3) is 11.1 Å². The van der Waals surface area contributed by atoms with E-state index >= 15 is 0 Å². The zero-order valence-corrected chi connectivity index (χ0v) is 14.1. The molecule has 24 heavy (non-hydrogen) atoms. The first-order valence-electron chi connectivity index (χ1n) is 8.59. The van der Waals surface area contributed by atoms with Gasteiger partial charge in [0.25, 0.3) is 0 Å². The summed E-state index contributed by atoms with van der Waals surface area (Å²) in [4.78, 5) is 11.5. The molecule has 0 bridgehead atoms. The number of aromatic nitrogens is 3. The van der Waals surface area contributed by atoms with Gasteiger partial charge in [-0.1, -0.05) is 31.1 Å². The van der Waals surface area contributed by atoms with Crippen LogP contribution in [-0.2, 0) is 6.54 Å². The Morgan fingerprint density at radius 1 is 1.25 bits per heavy atom. The molecule has 3 heterocycles. The molecule has 0 amide bonds. The first-order chi connectivity index (χ1) is 11.7. The molecule has 1 aliphatic rings. The third-order valence-corrected chi connectivity index (χ3v) is 4.52. The molecular weight excluding hydrogens is 304 g/mol. The number of hydrogen-bond donors (Lipinski definition) is 0. The van der Waals surface area contributed by atoms with Gasteiger partial charge < -0.3 is 8.94 Å². The summed E-state index contributed by atoms with van der Waals surface area (Å²) >= 11 is 0. The van der Waals surface area contributed by atoms with Gasteiger partial charge in [0, 0.05) is 18.4 Å². The lowest BCUT2D eigenvalue weighted by atomic mass is 9.98. The van der Waals surface area contributed by atoms with Crippen LogP contribution in [0.1, 0.15) is 56.1 Å². The minimum atomic E-state index is 0.288. The molecule has 1 aromatic carbocycles. The van der Waals surface area contributed by atoms with E-state index in [1.54, 1.807) is 0 Å². The molecule has 3 aromatic rings. The molecule has 6 heteroatoms. The number of benzene rings is 1. The number of nitrogens with zero attached hydrogens (tertiary/aromatic N) is 4. The largest absolute Gasteiger partial charge is 0.440 e. The van der Waals surface area contributed by atoms with Crippen LogP contribution in [0.3, 0.4) is 0 Å². The van der Waals surface area contributed by atoms with Crippen molar-refractivity contribution in [2.75, 3.05) is 13.1 Å². The highest BCUT2D eigenvalue weighted by molar-refractivity contribution is 5.72. The van der Waals surface area contributed by atoms with Crippen molar-refractivity contribution >= 4 is 11.1 Å². The Kier molecular flexibility index (Phi) is 4.06. The summed E-state index contributed by atoms with van der Waals surface area (Å²) in [7, 11) is 0. The number of oxazole rings is 1.